The lowest BCUT2D eigenvalue weighted by Crippen LogP contribution is -2.13. The molecule has 4 rings (SSSR count). The van der Waals surface area contributed by atoms with Crippen molar-refractivity contribution in [2.45, 2.75) is 0 Å². The molecule has 0 radical (unpaired) electrons. The van der Waals surface area contributed by atoms with Gasteiger partial charge >= 0.3 is 0 Å². The Balaban J connectivity index is 1.80. The first-order valence-electron chi connectivity index (χ1n) is 9.78. The summed E-state index contributed by atoms with van der Waals surface area (Å²) < 4.78 is 44.9. The lowest BCUT2D eigenvalue weighted by Gasteiger charge is -2.16. The highest BCUT2D eigenvalue weighted by atomic mass is 32.2. The fourth-order valence-corrected chi connectivity index (χ4v) is 4.27. The molecule has 4 aromatic rings. The second-order valence-corrected chi connectivity index (χ2v) is 9.07. The van der Waals surface area contributed by atoms with Crippen LogP contribution in [-0.2, 0) is 10.0 Å². The van der Waals surface area contributed by atoms with E-state index in [1.54, 1.807) is 36.4 Å². The summed E-state index contributed by atoms with van der Waals surface area (Å²) in [5, 5.41) is 2.89. The molecule has 0 amide bonds. The molecule has 0 spiro atoms. The quantitative estimate of drug-likeness (QED) is 0.362. The van der Waals surface area contributed by atoms with Gasteiger partial charge in [0.15, 0.2) is 23.1 Å². The first kappa shape index (κ1) is 23.1. The van der Waals surface area contributed by atoms with Crippen LogP contribution in [0, 0.1) is 0 Å². The molecule has 12 heteroatoms. The standard InChI is InChI=1S/C22H19N5O5S2/c1-30-16-8-3-4-9-17(16)32-18-19(27-34(28,29)14-10-15-7-5-13-33-15)25-21(26-22(18)31-2)20-23-11-6-12-24-20/h3-14H,1-2H3,(H,25,26,27). The molecule has 34 heavy (non-hydrogen) atoms. The van der Waals surface area contributed by atoms with Crippen LogP contribution in [0.5, 0.6) is 23.1 Å². The van der Waals surface area contributed by atoms with Crippen LogP contribution in [0.25, 0.3) is 17.7 Å². The van der Waals surface area contributed by atoms with E-state index < -0.39 is 10.0 Å². The average Bonchev–Trinajstić information content (AvgIpc) is 3.38. The van der Waals surface area contributed by atoms with Crippen LogP contribution in [0.3, 0.4) is 0 Å². The minimum atomic E-state index is -3.99. The normalized spacial score (nSPS) is 11.4. The Labute approximate surface area is 200 Å². The zero-order valence-corrected chi connectivity index (χ0v) is 19.7. The number of rotatable bonds is 9. The van der Waals surface area contributed by atoms with E-state index in [0.717, 1.165) is 10.3 Å². The summed E-state index contributed by atoms with van der Waals surface area (Å²) in [4.78, 5) is 17.7. The van der Waals surface area contributed by atoms with Gasteiger partial charge < -0.3 is 14.2 Å². The summed E-state index contributed by atoms with van der Waals surface area (Å²) in [6, 6.07) is 12.1. The van der Waals surface area contributed by atoms with Crippen LogP contribution in [0.1, 0.15) is 4.88 Å². The predicted molar refractivity (Wildman–Crippen MR) is 129 cm³/mol. The molecule has 0 bridgehead atoms. The fraction of sp³-hybridized carbons (Fsp3) is 0.0909. The molecule has 0 saturated carbocycles. The van der Waals surface area contributed by atoms with E-state index in [1.165, 1.54) is 44.0 Å². The Morgan fingerprint density at radius 3 is 2.35 bits per heavy atom. The highest BCUT2D eigenvalue weighted by Crippen LogP contribution is 2.40. The number of hydrogen-bond acceptors (Lipinski definition) is 10. The number of anilines is 1. The lowest BCUT2D eigenvalue weighted by atomic mass is 10.3. The maximum absolute atomic E-state index is 12.9. The third-order valence-corrected chi connectivity index (χ3v) is 6.08. The van der Waals surface area contributed by atoms with E-state index in [1.807, 2.05) is 11.4 Å². The lowest BCUT2D eigenvalue weighted by molar-refractivity contribution is 0.348. The van der Waals surface area contributed by atoms with Gasteiger partial charge in [-0.2, -0.15) is 4.98 Å². The maximum Gasteiger partial charge on any atom is 0.263 e. The highest BCUT2D eigenvalue weighted by Gasteiger charge is 2.23. The van der Waals surface area contributed by atoms with Gasteiger partial charge in [0.2, 0.25) is 11.6 Å². The number of nitrogens with zero attached hydrogens (tertiary/aromatic N) is 4. The number of nitrogens with one attached hydrogen (secondary N) is 1. The molecule has 0 aliphatic heterocycles. The molecular formula is C22H19N5O5S2. The summed E-state index contributed by atoms with van der Waals surface area (Å²) in [6.45, 7) is 0. The van der Waals surface area contributed by atoms with Crippen LogP contribution in [0.2, 0.25) is 0 Å². The Kier molecular flexibility index (Phi) is 6.99. The maximum atomic E-state index is 12.9. The molecule has 1 aromatic carbocycles. The fourth-order valence-electron chi connectivity index (χ4n) is 2.77. The van der Waals surface area contributed by atoms with Crippen LogP contribution in [0.4, 0.5) is 5.82 Å². The molecular weight excluding hydrogens is 478 g/mol. The molecule has 10 nitrogen and oxygen atoms in total. The van der Waals surface area contributed by atoms with Crippen LogP contribution in [-0.4, -0.2) is 42.6 Å². The van der Waals surface area contributed by atoms with Gasteiger partial charge in [-0.15, -0.1) is 11.3 Å². The van der Waals surface area contributed by atoms with Crippen molar-refractivity contribution in [2.75, 3.05) is 18.9 Å². The largest absolute Gasteiger partial charge is 0.493 e. The molecule has 1 N–H and O–H groups in total. The second-order valence-electron chi connectivity index (χ2n) is 6.52. The van der Waals surface area contributed by atoms with E-state index in [2.05, 4.69) is 24.7 Å². The first-order chi connectivity index (χ1) is 16.5. The Bertz CT molecular complexity index is 1390. The van der Waals surface area contributed by atoms with Crippen molar-refractivity contribution in [2.24, 2.45) is 0 Å². The van der Waals surface area contributed by atoms with E-state index in [-0.39, 0.29) is 29.1 Å². The molecule has 3 heterocycles. The van der Waals surface area contributed by atoms with Crippen molar-refractivity contribution in [3.05, 3.63) is 70.5 Å². The highest BCUT2D eigenvalue weighted by molar-refractivity contribution is 7.95. The van der Waals surface area contributed by atoms with Gasteiger partial charge in [0.25, 0.3) is 15.9 Å². The summed E-state index contributed by atoms with van der Waals surface area (Å²) in [5.41, 5.74) is 0. The SMILES string of the molecule is COc1ccccc1Oc1c(NS(=O)(=O)C=Cc2cccs2)nc(-c2ncccn2)nc1OC. The van der Waals surface area contributed by atoms with E-state index in [0.29, 0.717) is 11.5 Å². The molecule has 0 saturated heterocycles. The number of sulfonamides is 1. The van der Waals surface area contributed by atoms with Crippen molar-refractivity contribution in [3.8, 4) is 34.8 Å². The Morgan fingerprint density at radius 2 is 1.68 bits per heavy atom. The number of benzene rings is 1. The minimum Gasteiger partial charge on any atom is -0.493 e. The number of para-hydroxylation sites is 2. The van der Waals surface area contributed by atoms with Crippen molar-refractivity contribution in [1.82, 2.24) is 19.9 Å². The zero-order chi connectivity index (χ0) is 24.0. The number of ether oxygens (including phenoxy) is 3. The van der Waals surface area contributed by atoms with Crippen LogP contribution >= 0.6 is 11.3 Å². The van der Waals surface area contributed by atoms with Gasteiger partial charge in [0.1, 0.15) is 0 Å². The number of aromatic nitrogens is 4. The van der Waals surface area contributed by atoms with E-state index in [4.69, 9.17) is 14.2 Å². The molecule has 0 aliphatic rings. The van der Waals surface area contributed by atoms with Crippen molar-refractivity contribution in [1.29, 1.82) is 0 Å². The third kappa shape index (κ3) is 5.47. The summed E-state index contributed by atoms with van der Waals surface area (Å²) in [5.74, 6) is 0.722. The van der Waals surface area contributed by atoms with Crippen LogP contribution < -0.4 is 18.9 Å². The molecule has 0 unspecified atom stereocenters. The summed E-state index contributed by atoms with van der Waals surface area (Å²) in [7, 11) is -1.12. The molecule has 0 aliphatic carbocycles. The van der Waals surface area contributed by atoms with Crippen molar-refractivity contribution < 1.29 is 22.6 Å². The first-order valence-corrected chi connectivity index (χ1v) is 12.2. The van der Waals surface area contributed by atoms with Gasteiger partial charge in [0, 0.05) is 17.3 Å². The molecule has 0 fully saturated rings. The van der Waals surface area contributed by atoms with E-state index >= 15 is 0 Å². The third-order valence-electron chi connectivity index (χ3n) is 4.27. The van der Waals surface area contributed by atoms with Gasteiger partial charge in [-0.05, 0) is 35.7 Å². The topological polar surface area (TPSA) is 125 Å². The minimum absolute atomic E-state index is 0.0247. The molecule has 3 aromatic heterocycles. The van der Waals surface area contributed by atoms with Crippen molar-refractivity contribution >= 4 is 33.3 Å². The number of thiophene rings is 1. The summed E-state index contributed by atoms with van der Waals surface area (Å²) >= 11 is 1.40. The van der Waals surface area contributed by atoms with Crippen molar-refractivity contribution in [3.63, 3.8) is 0 Å². The van der Waals surface area contributed by atoms with Gasteiger partial charge in [0.05, 0.1) is 19.6 Å². The molecule has 174 valence electrons. The average molecular weight is 498 g/mol. The van der Waals surface area contributed by atoms with Gasteiger partial charge in [-0.3, -0.25) is 4.72 Å². The Morgan fingerprint density at radius 1 is 0.912 bits per heavy atom. The monoisotopic (exact) mass is 497 g/mol. The number of hydrogen-bond donors (Lipinski definition) is 1. The second kappa shape index (κ2) is 10.3. The van der Waals surface area contributed by atoms with E-state index in [9.17, 15) is 8.42 Å². The van der Waals surface area contributed by atoms with Crippen LogP contribution in [0.15, 0.2) is 65.6 Å². The Hall–Kier alpha value is -4.03. The van der Waals surface area contributed by atoms with Gasteiger partial charge in [-0.1, -0.05) is 18.2 Å². The van der Waals surface area contributed by atoms with Gasteiger partial charge in [-0.25, -0.2) is 23.4 Å². The molecule has 0 atom stereocenters. The predicted octanol–water partition coefficient (Wildman–Crippen LogP) is 4.22. The number of methoxy groups -OCH3 is 2. The zero-order valence-electron chi connectivity index (χ0n) is 18.1. The summed E-state index contributed by atoms with van der Waals surface area (Å²) in [6.07, 6.45) is 4.52. The smallest absolute Gasteiger partial charge is 0.263 e.